The Kier molecular flexibility index (Phi) is 8.58. The highest BCUT2D eigenvalue weighted by Gasteiger charge is 2.22. The zero-order valence-corrected chi connectivity index (χ0v) is 18.1. The van der Waals surface area contributed by atoms with E-state index in [2.05, 4.69) is 56.4 Å². The number of aromatic nitrogens is 1. The number of benzene rings is 1. The molecule has 0 spiro atoms. The first-order valence-electron chi connectivity index (χ1n) is 11.9. The molecule has 152 valence electrons. The fraction of sp³-hybridized carbons (Fsp3) is 0.593. The Morgan fingerprint density at radius 2 is 1.43 bits per heavy atom. The van der Waals surface area contributed by atoms with Crippen molar-refractivity contribution in [3.05, 3.63) is 53.9 Å². The van der Waals surface area contributed by atoms with Crippen LogP contribution >= 0.6 is 0 Å². The molecule has 1 fully saturated rings. The minimum Gasteiger partial charge on any atom is -0.260 e. The molecule has 28 heavy (non-hydrogen) atoms. The van der Waals surface area contributed by atoms with E-state index in [9.17, 15) is 0 Å². The average molecular weight is 378 g/mol. The first kappa shape index (κ1) is 21.1. The van der Waals surface area contributed by atoms with Gasteiger partial charge < -0.3 is 0 Å². The molecule has 0 atom stereocenters. The summed E-state index contributed by atoms with van der Waals surface area (Å²) in [7, 11) is 0. The molecule has 1 heteroatoms. The van der Waals surface area contributed by atoms with Crippen molar-refractivity contribution in [1.29, 1.82) is 0 Å². The summed E-state index contributed by atoms with van der Waals surface area (Å²) in [5.74, 6) is 1.65. The lowest BCUT2D eigenvalue weighted by molar-refractivity contribution is 0.300. The highest BCUT2D eigenvalue weighted by Crippen LogP contribution is 2.37. The molecule has 1 aromatic heterocycles. The molecule has 1 nitrogen and oxygen atoms in total. The van der Waals surface area contributed by atoms with Gasteiger partial charge in [-0.3, -0.25) is 4.98 Å². The molecule has 0 N–H and O–H groups in total. The Bertz CT molecular complexity index is 662. The van der Waals surface area contributed by atoms with Gasteiger partial charge in [-0.2, -0.15) is 0 Å². The van der Waals surface area contributed by atoms with Crippen LogP contribution in [0.5, 0.6) is 0 Å². The van der Waals surface area contributed by atoms with Crippen LogP contribution in [0.15, 0.2) is 42.6 Å². The minimum atomic E-state index is 0.678. The van der Waals surface area contributed by atoms with Crippen LogP contribution in [-0.4, -0.2) is 4.98 Å². The maximum Gasteiger partial charge on any atom is 0.0434 e. The molecule has 0 bridgehead atoms. The summed E-state index contributed by atoms with van der Waals surface area (Å²) in [4.78, 5) is 4.86. The number of hydrogen-bond acceptors (Lipinski definition) is 1. The predicted octanol–water partition coefficient (Wildman–Crippen LogP) is 8.34. The maximum atomic E-state index is 4.86. The van der Waals surface area contributed by atoms with E-state index < -0.39 is 0 Å². The first-order chi connectivity index (χ1) is 13.8. The van der Waals surface area contributed by atoms with Crippen molar-refractivity contribution in [1.82, 2.24) is 4.98 Å². The Hall–Kier alpha value is -1.63. The Balaban J connectivity index is 1.51. The lowest BCUT2D eigenvalue weighted by atomic mass is 9.78. The summed E-state index contributed by atoms with van der Waals surface area (Å²) < 4.78 is 0. The molecule has 1 aliphatic rings. The molecule has 0 aliphatic heterocycles. The van der Waals surface area contributed by atoms with E-state index in [-0.39, 0.29) is 0 Å². The van der Waals surface area contributed by atoms with Crippen molar-refractivity contribution < 1.29 is 0 Å². The molecule has 0 radical (unpaired) electrons. The van der Waals surface area contributed by atoms with Gasteiger partial charge in [-0.15, -0.1) is 0 Å². The van der Waals surface area contributed by atoms with Gasteiger partial charge in [0.25, 0.3) is 0 Å². The van der Waals surface area contributed by atoms with E-state index in [1.54, 1.807) is 0 Å². The zero-order chi connectivity index (χ0) is 19.6. The standard InChI is InChI=1S/C27H39N/c1-3-5-7-9-22-11-15-24(16-12-22)26-19-20-27(28-21-26)25-17-13-23(14-18-25)10-8-6-4-2/h11-12,15-16,19-21,23,25H,3-10,13-14,17-18H2,1-2H3/t23-,25-. The van der Waals surface area contributed by atoms with Crippen molar-refractivity contribution in [3.63, 3.8) is 0 Å². The van der Waals surface area contributed by atoms with E-state index in [0.29, 0.717) is 5.92 Å². The second kappa shape index (κ2) is 11.4. The first-order valence-corrected chi connectivity index (χ1v) is 11.9. The maximum absolute atomic E-state index is 4.86. The van der Waals surface area contributed by atoms with E-state index in [4.69, 9.17) is 4.98 Å². The van der Waals surface area contributed by atoms with Crippen LogP contribution in [-0.2, 0) is 6.42 Å². The van der Waals surface area contributed by atoms with Gasteiger partial charge in [0.05, 0.1) is 0 Å². The number of hydrogen-bond donors (Lipinski definition) is 0. The molecule has 0 saturated heterocycles. The quantitative estimate of drug-likeness (QED) is 0.379. The van der Waals surface area contributed by atoms with Gasteiger partial charge in [-0.1, -0.05) is 82.7 Å². The summed E-state index contributed by atoms with van der Waals surface area (Å²) >= 11 is 0. The second-order valence-electron chi connectivity index (χ2n) is 8.84. The minimum absolute atomic E-state index is 0.678. The van der Waals surface area contributed by atoms with Crippen LogP contribution in [0.2, 0.25) is 0 Å². The third-order valence-electron chi connectivity index (χ3n) is 6.62. The van der Waals surface area contributed by atoms with Crippen LogP contribution in [0, 0.1) is 5.92 Å². The number of aryl methyl sites for hydroxylation is 1. The predicted molar refractivity (Wildman–Crippen MR) is 122 cm³/mol. The van der Waals surface area contributed by atoms with Gasteiger partial charge in [-0.05, 0) is 61.6 Å². The Labute approximate surface area is 173 Å². The Morgan fingerprint density at radius 1 is 0.750 bits per heavy atom. The number of pyridine rings is 1. The Morgan fingerprint density at radius 3 is 2.07 bits per heavy atom. The van der Waals surface area contributed by atoms with E-state index in [0.717, 1.165) is 5.92 Å². The van der Waals surface area contributed by atoms with Crippen molar-refractivity contribution in [2.45, 2.75) is 96.8 Å². The average Bonchev–Trinajstić information content (AvgIpc) is 2.75. The fourth-order valence-corrected chi connectivity index (χ4v) is 4.69. The molecule has 1 heterocycles. The zero-order valence-electron chi connectivity index (χ0n) is 18.1. The van der Waals surface area contributed by atoms with Crippen LogP contribution in [0.25, 0.3) is 11.1 Å². The normalized spacial score (nSPS) is 19.6. The molecule has 1 aromatic carbocycles. The number of nitrogens with zero attached hydrogens (tertiary/aromatic N) is 1. The lowest BCUT2D eigenvalue weighted by Crippen LogP contribution is -2.14. The van der Waals surface area contributed by atoms with Crippen molar-refractivity contribution in [3.8, 4) is 11.1 Å². The van der Waals surface area contributed by atoms with Gasteiger partial charge in [0.2, 0.25) is 0 Å². The molecular weight excluding hydrogens is 338 g/mol. The van der Waals surface area contributed by atoms with E-state index in [1.165, 1.54) is 99.4 Å². The number of rotatable bonds is 10. The van der Waals surface area contributed by atoms with Crippen molar-refractivity contribution in [2.24, 2.45) is 5.92 Å². The molecule has 0 amide bonds. The highest BCUT2D eigenvalue weighted by atomic mass is 14.7. The van der Waals surface area contributed by atoms with Gasteiger partial charge in [0.15, 0.2) is 0 Å². The summed E-state index contributed by atoms with van der Waals surface area (Å²) in [6, 6.07) is 13.7. The lowest BCUT2D eigenvalue weighted by Gasteiger charge is -2.28. The second-order valence-corrected chi connectivity index (χ2v) is 8.84. The highest BCUT2D eigenvalue weighted by molar-refractivity contribution is 5.62. The SMILES string of the molecule is CCCCCc1ccc(-c2ccc([C@H]3CC[C@H](CCCCC)CC3)nc2)cc1. The summed E-state index contributed by atoms with van der Waals surface area (Å²) in [6.07, 6.45) is 18.3. The molecule has 2 aromatic rings. The van der Waals surface area contributed by atoms with Gasteiger partial charge in [-0.25, -0.2) is 0 Å². The summed E-state index contributed by atoms with van der Waals surface area (Å²) in [5.41, 5.74) is 5.31. The van der Waals surface area contributed by atoms with Crippen LogP contribution in [0.4, 0.5) is 0 Å². The molecule has 3 rings (SSSR count). The van der Waals surface area contributed by atoms with Crippen molar-refractivity contribution in [2.75, 3.05) is 0 Å². The molecule has 1 aliphatic carbocycles. The topological polar surface area (TPSA) is 12.9 Å². The third kappa shape index (κ3) is 6.19. The molecule has 0 unspecified atom stereocenters. The summed E-state index contributed by atoms with van der Waals surface area (Å²) in [6.45, 7) is 4.56. The largest absolute Gasteiger partial charge is 0.260 e. The van der Waals surface area contributed by atoms with E-state index in [1.807, 2.05) is 0 Å². The monoisotopic (exact) mass is 377 g/mol. The smallest absolute Gasteiger partial charge is 0.0434 e. The molecular formula is C27H39N. The van der Waals surface area contributed by atoms with Gasteiger partial charge in [0.1, 0.15) is 0 Å². The van der Waals surface area contributed by atoms with Crippen LogP contribution < -0.4 is 0 Å². The van der Waals surface area contributed by atoms with Crippen LogP contribution in [0.3, 0.4) is 0 Å². The third-order valence-corrected chi connectivity index (χ3v) is 6.62. The molecule has 1 saturated carbocycles. The van der Waals surface area contributed by atoms with E-state index >= 15 is 0 Å². The van der Waals surface area contributed by atoms with Gasteiger partial charge in [0, 0.05) is 23.4 Å². The van der Waals surface area contributed by atoms with Crippen molar-refractivity contribution >= 4 is 0 Å². The fourth-order valence-electron chi connectivity index (χ4n) is 4.69. The van der Waals surface area contributed by atoms with Crippen LogP contribution in [0.1, 0.15) is 102 Å². The summed E-state index contributed by atoms with van der Waals surface area (Å²) in [5, 5.41) is 0. The van der Waals surface area contributed by atoms with Gasteiger partial charge >= 0.3 is 0 Å². The number of unbranched alkanes of at least 4 members (excludes halogenated alkanes) is 4.